The number of benzene rings is 1. The molecule has 0 aliphatic heterocycles. The minimum absolute atomic E-state index is 0.0862. The van der Waals surface area contributed by atoms with Gasteiger partial charge < -0.3 is 24.6 Å². The molecule has 0 bridgehead atoms. The lowest BCUT2D eigenvalue weighted by Crippen LogP contribution is -2.18. The molecule has 2 aromatic heterocycles. The van der Waals surface area contributed by atoms with Gasteiger partial charge in [0.15, 0.2) is 22.9 Å². The molecule has 0 saturated carbocycles. The summed E-state index contributed by atoms with van der Waals surface area (Å²) in [7, 11) is 2.84. The van der Waals surface area contributed by atoms with Crippen molar-refractivity contribution in [1.82, 2.24) is 9.38 Å². The van der Waals surface area contributed by atoms with Crippen molar-refractivity contribution < 1.29 is 28.9 Å². The van der Waals surface area contributed by atoms with Gasteiger partial charge in [-0.15, -0.1) is 0 Å². The third-order valence-corrected chi connectivity index (χ3v) is 4.54. The first-order valence-electron chi connectivity index (χ1n) is 9.38. The number of nitrogens with one attached hydrogen (secondary N) is 1. The van der Waals surface area contributed by atoms with Crippen LogP contribution in [0.2, 0.25) is 0 Å². The molecule has 3 aromatic rings. The summed E-state index contributed by atoms with van der Waals surface area (Å²) in [6, 6.07) is 6.26. The Bertz CT molecular complexity index is 1110. The van der Waals surface area contributed by atoms with Crippen molar-refractivity contribution in [1.29, 1.82) is 0 Å². The van der Waals surface area contributed by atoms with E-state index in [2.05, 4.69) is 10.3 Å². The number of carbonyl (C=O) groups is 2. The number of fused-ring (bicyclic) bond motifs is 1. The number of rotatable bonds is 8. The fourth-order valence-electron chi connectivity index (χ4n) is 3.19. The topological polar surface area (TPSA) is 111 Å². The number of ether oxygens (including phenoxy) is 3. The van der Waals surface area contributed by atoms with Gasteiger partial charge in [-0.25, -0.2) is 9.78 Å². The van der Waals surface area contributed by atoms with Crippen LogP contribution in [0, 0.1) is 0 Å². The summed E-state index contributed by atoms with van der Waals surface area (Å²) < 4.78 is 17.7. The van der Waals surface area contributed by atoms with E-state index in [0.29, 0.717) is 41.6 Å². The van der Waals surface area contributed by atoms with Crippen molar-refractivity contribution in [3.05, 3.63) is 47.4 Å². The Hall–Kier alpha value is -3.75. The summed E-state index contributed by atoms with van der Waals surface area (Å²) in [5.74, 6) is -0.601. The van der Waals surface area contributed by atoms with E-state index < -0.39 is 11.9 Å². The van der Waals surface area contributed by atoms with E-state index in [1.54, 1.807) is 22.7 Å². The molecular weight excluding hydrogens is 390 g/mol. The van der Waals surface area contributed by atoms with Crippen molar-refractivity contribution in [2.45, 2.75) is 20.3 Å². The van der Waals surface area contributed by atoms with Crippen LogP contribution in [0.3, 0.4) is 0 Å². The molecule has 0 spiro atoms. The summed E-state index contributed by atoms with van der Waals surface area (Å²) in [5.41, 5.74) is 1.36. The maximum atomic E-state index is 13.2. The lowest BCUT2D eigenvalue weighted by Gasteiger charge is -2.14. The van der Waals surface area contributed by atoms with Crippen LogP contribution < -0.4 is 19.5 Å². The number of methoxy groups -OCH3 is 2. The van der Waals surface area contributed by atoms with Crippen LogP contribution in [-0.4, -0.2) is 47.2 Å². The molecule has 2 N–H and O–H groups in total. The normalized spacial score (nSPS) is 10.7. The van der Waals surface area contributed by atoms with Crippen LogP contribution in [0.15, 0.2) is 30.5 Å². The van der Waals surface area contributed by atoms with Crippen molar-refractivity contribution >= 4 is 23.2 Å². The van der Waals surface area contributed by atoms with Crippen LogP contribution in [0.5, 0.6) is 17.2 Å². The summed E-state index contributed by atoms with van der Waals surface area (Å²) in [6.45, 7) is 4.21. The van der Waals surface area contributed by atoms with Crippen LogP contribution >= 0.6 is 0 Å². The quantitative estimate of drug-likeness (QED) is 0.583. The Labute approximate surface area is 173 Å². The molecule has 0 saturated heterocycles. The van der Waals surface area contributed by atoms with E-state index in [1.165, 1.54) is 26.4 Å². The van der Waals surface area contributed by atoms with Gasteiger partial charge in [0.25, 0.3) is 5.91 Å². The molecular formula is C21H23N3O6. The van der Waals surface area contributed by atoms with E-state index in [9.17, 15) is 14.7 Å². The molecule has 1 aromatic carbocycles. The zero-order valence-electron chi connectivity index (χ0n) is 17.2. The molecule has 158 valence electrons. The number of anilines is 1. The number of imidazole rings is 1. The van der Waals surface area contributed by atoms with E-state index in [1.807, 2.05) is 13.8 Å². The van der Waals surface area contributed by atoms with E-state index in [-0.39, 0.29) is 17.0 Å². The number of nitrogens with zero attached hydrogens (tertiary/aromatic N) is 2. The second-order valence-electron chi connectivity index (χ2n) is 6.27. The molecule has 9 heteroatoms. The van der Waals surface area contributed by atoms with Crippen molar-refractivity contribution in [3.63, 3.8) is 0 Å². The summed E-state index contributed by atoms with van der Waals surface area (Å²) in [4.78, 5) is 29.5. The Morgan fingerprint density at radius 1 is 1.13 bits per heavy atom. The zero-order chi connectivity index (χ0) is 21.8. The first-order valence-corrected chi connectivity index (χ1v) is 9.38. The molecule has 2 heterocycles. The Morgan fingerprint density at radius 3 is 2.43 bits per heavy atom. The largest absolute Gasteiger partial charge is 0.493 e. The zero-order valence-corrected chi connectivity index (χ0v) is 17.2. The highest BCUT2D eigenvalue weighted by atomic mass is 16.5. The minimum Gasteiger partial charge on any atom is -0.493 e. The number of hydrogen-bond donors (Lipinski definition) is 2. The Balaban J connectivity index is 2.09. The monoisotopic (exact) mass is 413 g/mol. The number of aromatic carboxylic acids is 1. The van der Waals surface area contributed by atoms with Gasteiger partial charge in [-0.05, 0) is 25.5 Å². The van der Waals surface area contributed by atoms with Crippen molar-refractivity contribution in [2.75, 3.05) is 26.1 Å². The third kappa shape index (κ3) is 3.73. The molecule has 0 fully saturated rings. The molecule has 0 atom stereocenters. The highest BCUT2D eigenvalue weighted by molar-refractivity contribution is 6.08. The minimum atomic E-state index is -1.21. The molecule has 1 amide bonds. The highest BCUT2D eigenvalue weighted by Gasteiger charge is 2.23. The number of carboxylic acid groups (broad SMARTS) is 1. The number of amides is 1. The summed E-state index contributed by atoms with van der Waals surface area (Å²) in [5, 5.41) is 12.3. The van der Waals surface area contributed by atoms with E-state index in [0.717, 1.165) is 0 Å². The average molecular weight is 413 g/mol. The number of carbonyl (C=O) groups excluding carboxylic acids is 1. The van der Waals surface area contributed by atoms with Crippen LogP contribution in [0.4, 0.5) is 5.69 Å². The standard InChI is InChI=1S/C21H23N3O6/c1-5-13-18(24-9-7-8-15(30-6-2)19(24)22-13)20(25)23-14-11-17(29-4)16(28-3)10-12(14)21(26)27/h7-11H,5-6H2,1-4H3,(H,23,25)(H,26,27). The lowest BCUT2D eigenvalue weighted by atomic mass is 10.1. The summed E-state index contributed by atoms with van der Waals surface area (Å²) >= 11 is 0. The van der Waals surface area contributed by atoms with Crippen molar-refractivity contribution in [2.24, 2.45) is 0 Å². The Kier molecular flexibility index (Phi) is 6.10. The SMILES string of the molecule is CCOc1cccn2c(C(=O)Nc3cc(OC)c(OC)cc3C(=O)O)c(CC)nc12. The van der Waals surface area contributed by atoms with E-state index in [4.69, 9.17) is 14.2 Å². The fraction of sp³-hybridized carbons (Fsp3) is 0.286. The number of carboxylic acids is 1. The Morgan fingerprint density at radius 2 is 1.83 bits per heavy atom. The van der Waals surface area contributed by atoms with Crippen LogP contribution in [-0.2, 0) is 6.42 Å². The van der Waals surface area contributed by atoms with Gasteiger partial charge in [0.2, 0.25) is 0 Å². The lowest BCUT2D eigenvalue weighted by molar-refractivity contribution is 0.0697. The maximum Gasteiger partial charge on any atom is 0.337 e. The molecule has 9 nitrogen and oxygen atoms in total. The first-order chi connectivity index (χ1) is 14.4. The van der Waals surface area contributed by atoms with Crippen LogP contribution in [0.25, 0.3) is 5.65 Å². The van der Waals surface area contributed by atoms with Gasteiger partial charge in [-0.1, -0.05) is 6.92 Å². The van der Waals surface area contributed by atoms with Gasteiger partial charge in [0.1, 0.15) is 5.69 Å². The number of aromatic nitrogens is 2. The van der Waals surface area contributed by atoms with Gasteiger partial charge >= 0.3 is 5.97 Å². The van der Waals surface area contributed by atoms with Gasteiger partial charge in [0, 0.05) is 18.3 Å². The first kappa shape index (κ1) is 21.0. The number of pyridine rings is 1. The van der Waals surface area contributed by atoms with E-state index >= 15 is 0 Å². The molecule has 0 aliphatic carbocycles. The molecule has 0 aliphatic rings. The van der Waals surface area contributed by atoms with Gasteiger partial charge in [-0.2, -0.15) is 0 Å². The average Bonchev–Trinajstić information content (AvgIpc) is 3.13. The number of hydrogen-bond acceptors (Lipinski definition) is 6. The van der Waals surface area contributed by atoms with Gasteiger partial charge in [-0.3, -0.25) is 9.20 Å². The maximum absolute atomic E-state index is 13.2. The highest BCUT2D eigenvalue weighted by Crippen LogP contribution is 2.34. The molecule has 30 heavy (non-hydrogen) atoms. The van der Waals surface area contributed by atoms with Crippen molar-refractivity contribution in [3.8, 4) is 17.2 Å². The molecule has 0 radical (unpaired) electrons. The smallest absolute Gasteiger partial charge is 0.337 e. The molecule has 3 rings (SSSR count). The second-order valence-corrected chi connectivity index (χ2v) is 6.27. The molecule has 0 unspecified atom stereocenters. The second kappa shape index (κ2) is 8.73. The fourth-order valence-corrected chi connectivity index (χ4v) is 3.19. The third-order valence-electron chi connectivity index (χ3n) is 4.54. The van der Waals surface area contributed by atoms with Gasteiger partial charge in [0.05, 0.1) is 37.8 Å². The van der Waals surface area contributed by atoms with Crippen LogP contribution in [0.1, 0.15) is 40.4 Å². The predicted molar refractivity (Wildman–Crippen MR) is 110 cm³/mol. The predicted octanol–water partition coefficient (Wildman–Crippen LogP) is 3.26. The summed E-state index contributed by atoms with van der Waals surface area (Å²) in [6.07, 6.45) is 2.22. The number of aryl methyl sites for hydroxylation is 1.